The lowest BCUT2D eigenvalue weighted by atomic mass is 10.1. The minimum Gasteiger partial charge on any atom is -0.309 e. The van der Waals surface area contributed by atoms with E-state index in [1.807, 2.05) is 30.3 Å². The maximum absolute atomic E-state index is 12.2. The molecule has 1 aromatic carbocycles. The molecule has 0 aliphatic carbocycles. The van der Waals surface area contributed by atoms with Gasteiger partial charge < -0.3 is 5.32 Å². The van der Waals surface area contributed by atoms with Crippen molar-refractivity contribution in [2.75, 3.05) is 5.32 Å². The van der Waals surface area contributed by atoms with Gasteiger partial charge in [-0.25, -0.2) is 15.0 Å². The highest BCUT2D eigenvalue weighted by Crippen LogP contribution is 2.13. The Morgan fingerprint density at radius 2 is 1.92 bits per heavy atom. The molecule has 7 heteroatoms. The normalized spacial score (nSPS) is 10.5. The van der Waals surface area contributed by atoms with Crippen LogP contribution < -0.4 is 10.9 Å². The Morgan fingerprint density at radius 1 is 1.16 bits per heavy atom. The molecule has 7 nitrogen and oxygen atoms in total. The number of carbonyl (C=O) groups excluding carboxylic acids is 1. The van der Waals surface area contributed by atoms with Crippen LogP contribution >= 0.6 is 0 Å². The third-order valence-corrected chi connectivity index (χ3v) is 3.61. The molecule has 0 aliphatic heterocycles. The second-order valence-corrected chi connectivity index (χ2v) is 5.60. The maximum Gasteiger partial charge on any atom is 0.254 e. The molecule has 1 N–H and O–H groups in total. The van der Waals surface area contributed by atoms with E-state index < -0.39 is 0 Å². The number of nitrogens with zero attached hydrogens (tertiary/aromatic N) is 4. The molecule has 0 saturated carbocycles. The minimum absolute atomic E-state index is 0.136. The number of anilines is 1. The van der Waals surface area contributed by atoms with Gasteiger partial charge in [0.05, 0.1) is 12.0 Å². The number of rotatable bonds is 4. The van der Waals surface area contributed by atoms with Crippen molar-refractivity contribution < 1.29 is 4.79 Å². The lowest BCUT2D eigenvalue weighted by molar-refractivity contribution is -0.116. The molecule has 126 valence electrons. The van der Waals surface area contributed by atoms with Gasteiger partial charge in [-0.05, 0) is 13.8 Å². The summed E-state index contributed by atoms with van der Waals surface area (Å²) in [5.41, 5.74) is 1.89. The summed E-state index contributed by atoms with van der Waals surface area (Å²) in [5.74, 6) is 0.656. The minimum atomic E-state index is -0.349. The Bertz CT molecular complexity index is 967. The summed E-state index contributed by atoms with van der Waals surface area (Å²) in [4.78, 5) is 36.9. The number of hydrogen-bond acceptors (Lipinski definition) is 5. The summed E-state index contributed by atoms with van der Waals surface area (Å²) in [6, 6.07) is 10.8. The third-order valence-electron chi connectivity index (χ3n) is 3.61. The van der Waals surface area contributed by atoms with Gasteiger partial charge in [-0.15, -0.1) is 0 Å². The van der Waals surface area contributed by atoms with Gasteiger partial charge in [0, 0.05) is 23.4 Å². The first-order valence-electron chi connectivity index (χ1n) is 7.75. The molecule has 3 aromatic rings. The highest BCUT2D eigenvalue weighted by molar-refractivity contribution is 5.90. The third kappa shape index (κ3) is 3.95. The lowest BCUT2D eigenvalue weighted by Gasteiger charge is -2.09. The van der Waals surface area contributed by atoms with E-state index in [9.17, 15) is 9.59 Å². The second-order valence-electron chi connectivity index (χ2n) is 5.60. The van der Waals surface area contributed by atoms with Crippen LogP contribution in [0.4, 0.5) is 5.82 Å². The highest BCUT2D eigenvalue weighted by Gasteiger charge is 2.10. The molecule has 0 unspecified atom stereocenters. The van der Waals surface area contributed by atoms with Crippen molar-refractivity contribution in [1.29, 1.82) is 0 Å². The van der Waals surface area contributed by atoms with Crippen molar-refractivity contribution in [3.8, 4) is 11.3 Å². The van der Waals surface area contributed by atoms with Crippen LogP contribution in [0.5, 0.6) is 0 Å². The number of carbonyl (C=O) groups is 1. The number of benzene rings is 1. The SMILES string of the molecule is Cc1ncc(C)c(NC(=O)Cn2cnc(-c3ccccc3)cc2=O)n1. The Balaban J connectivity index is 1.76. The van der Waals surface area contributed by atoms with Gasteiger partial charge in [0.15, 0.2) is 0 Å². The Kier molecular flexibility index (Phi) is 4.65. The van der Waals surface area contributed by atoms with E-state index in [0.717, 1.165) is 11.1 Å². The average Bonchev–Trinajstić information content (AvgIpc) is 2.60. The van der Waals surface area contributed by atoms with E-state index in [4.69, 9.17) is 0 Å². The van der Waals surface area contributed by atoms with Crippen LogP contribution in [0.3, 0.4) is 0 Å². The van der Waals surface area contributed by atoms with E-state index >= 15 is 0 Å². The van der Waals surface area contributed by atoms with E-state index in [2.05, 4.69) is 20.3 Å². The van der Waals surface area contributed by atoms with Gasteiger partial charge in [-0.2, -0.15) is 0 Å². The van der Waals surface area contributed by atoms with Crippen LogP contribution in [-0.4, -0.2) is 25.4 Å². The lowest BCUT2D eigenvalue weighted by Crippen LogP contribution is -2.28. The average molecular weight is 335 g/mol. The van der Waals surface area contributed by atoms with Crippen LogP contribution in [0.2, 0.25) is 0 Å². The molecule has 0 spiro atoms. The molecule has 0 fully saturated rings. The summed E-state index contributed by atoms with van der Waals surface area (Å²) < 4.78 is 1.26. The maximum atomic E-state index is 12.2. The standard InChI is InChI=1S/C18H17N5O2/c1-12-9-19-13(2)21-18(12)22-16(24)10-23-11-20-15(8-17(23)25)14-6-4-3-5-7-14/h3-9,11H,10H2,1-2H3,(H,19,21,22,24). The second kappa shape index (κ2) is 7.04. The van der Waals surface area contributed by atoms with Gasteiger partial charge in [-0.3, -0.25) is 14.2 Å². The van der Waals surface area contributed by atoms with E-state index in [-0.39, 0.29) is 18.0 Å². The summed E-state index contributed by atoms with van der Waals surface area (Å²) in [6.07, 6.45) is 3.02. The number of nitrogens with one attached hydrogen (secondary N) is 1. The molecular formula is C18H17N5O2. The van der Waals surface area contributed by atoms with E-state index in [0.29, 0.717) is 17.3 Å². The topological polar surface area (TPSA) is 89.8 Å². The summed E-state index contributed by atoms with van der Waals surface area (Å²) in [6.45, 7) is 3.41. The molecule has 3 rings (SSSR count). The largest absolute Gasteiger partial charge is 0.309 e. The fraction of sp³-hybridized carbons (Fsp3) is 0.167. The summed E-state index contributed by atoms with van der Waals surface area (Å²) in [5, 5.41) is 2.70. The van der Waals surface area contributed by atoms with Gasteiger partial charge >= 0.3 is 0 Å². The molecule has 1 amide bonds. The number of hydrogen-bond donors (Lipinski definition) is 1. The summed E-state index contributed by atoms with van der Waals surface area (Å²) >= 11 is 0. The molecule has 0 bridgehead atoms. The van der Waals surface area contributed by atoms with Crippen molar-refractivity contribution in [2.24, 2.45) is 0 Å². The molecule has 0 saturated heterocycles. The first-order chi connectivity index (χ1) is 12.0. The first-order valence-corrected chi connectivity index (χ1v) is 7.75. The zero-order chi connectivity index (χ0) is 17.8. The van der Waals surface area contributed by atoms with Crippen LogP contribution in [0.25, 0.3) is 11.3 Å². The molecule has 0 atom stereocenters. The first kappa shape index (κ1) is 16.5. The predicted molar refractivity (Wildman–Crippen MR) is 94.1 cm³/mol. The van der Waals surface area contributed by atoms with Crippen molar-refractivity contribution in [3.63, 3.8) is 0 Å². The van der Waals surface area contributed by atoms with Crippen LogP contribution in [-0.2, 0) is 11.3 Å². The van der Waals surface area contributed by atoms with Crippen molar-refractivity contribution >= 4 is 11.7 Å². The molecule has 2 heterocycles. The molecule has 25 heavy (non-hydrogen) atoms. The monoisotopic (exact) mass is 335 g/mol. The Hall–Kier alpha value is -3.35. The predicted octanol–water partition coefficient (Wildman–Crippen LogP) is 1.96. The molecule has 2 aromatic heterocycles. The van der Waals surface area contributed by atoms with Crippen LogP contribution in [0.1, 0.15) is 11.4 Å². The number of aryl methyl sites for hydroxylation is 2. The van der Waals surface area contributed by atoms with Gasteiger partial charge in [-0.1, -0.05) is 30.3 Å². The van der Waals surface area contributed by atoms with Gasteiger partial charge in [0.25, 0.3) is 5.56 Å². The van der Waals surface area contributed by atoms with Crippen LogP contribution in [0, 0.1) is 13.8 Å². The number of aromatic nitrogens is 4. The summed E-state index contributed by atoms with van der Waals surface area (Å²) in [7, 11) is 0. The van der Waals surface area contributed by atoms with Gasteiger partial charge in [0.2, 0.25) is 5.91 Å². The molecule has 0 radical (unpaired) electrons. The van der Waals surface area contributed by atoms with Crippen molar-refractivity contribution in [2.45, 2.75) is 20.4 Å². The number of amides is 1. The molecular weight excluding hydrogens is 318 g/mol. The fourth-order valence-electron chi connectivity index (χ4n) is 2.29. The quantitative estimate of drug-likeness (QED) is 0.787. The Labute approximate surface area is 144 Å². The zero-order valence-corrected chi connectivity index (χ0v) is 13.9. The Morgan fingerprint density at radius 3 is 2.64 bits per heavy atom. The van der Waals surface area contributed by atoms with Crippen LogP contribution in [0.15, 0.2) is 53.7 Å². The van der Waals surface area contributed by atoms with Gasteiger partial charge in [0.1, 0.15) is 18.2 Å². The van der Waals surface area contributed by atoms with E-state index in [1.165, 1.54) is 17.0 Å². The molecule has 0 aliphatic rings. The van der Waals surface area contributed by atoms with Crippen molar-refractivity contribution in [3.05, 3.63) is 70.7 Å². The highest BCUT2D eigenvalue weighted by atomic mass is 16.2. The smallest absolute Gasteiger partial charge is 0.254 e. The fourth-order valence-corrected chi connectivity index (χ4v) is 2.29. The van der Waals surface area contributed by atoms with Crippen molar-refractivity contribution in [1.82, 2.24) is 19.5 Å². The van der Waals surface area contributed by atoms with E-state index in [1.54, 1.807) is 20.0 Å². The zero-order valence-electron chi connectivity index (χ0n) is 13.9.